The van der Waals surface area contributed by atoms with Gasteiger partial charge in [-0.15, -0.1) is 0 Å². The number of rotatable bonds is 1. The smallest absolute Gasteiger partial charge is 1.00 e. The van der Waals surface area contributed by atoms with Crippen LogP contribution in [0.4, 0.5) is 0 Å². The molecule has 0 aliphatic heterocycles. The fraction of sp³-hybridized carbons (Fsp3) is 0. The molecule has 0 aromatic heterocycles. The largest absolute Gasteiger partial charge is 1.00 e. The summed E-state index contributed by atoms with van der Waals surface area (Å²) < 4.78 is 8.88. The number of hydrogen-bond acceptors (Lipinski definition) is 2. The third kappa shape index (κ3) is 23.3. The van der Waals surface area contributed by atoms with Gasteiger partial charge in [0.15, 0.2) is 0 Å². The van der Waals surface area contributed by atoms with E-state index >= 15 is 0 Å². The summed E-state index contributed by atoms with van der Waals surface area (Å²) in [7, 11) is -4.64. The fourth-order valence-electron chi connectivity index (χ4n) is 0.581. The average Bonchev–Trinajstić information content (AvgIpc) is 2.03. The molecule has 1 aromatic rings. The number of carboxylic acid groups (broad SMARTS) is 1. The summed E-state index contributed by atoms with van der Waals surface area (Å²) >= 11 is 0. The Kier molecular flexibility index (Phi) is 22.7. The van der Waals surface area contributed by atoms with Gasteiger partial charge in [0.2, 0.25) is 0 Å². The van der Waals surface area contributed by atoms with Gasteiger partial charge in [-0.1, -0.05) is 18.2 Å². The Hall–Kier alpha value is 1.80. The van der Waals surface area contributed by atoms with Crippen molar-refractivity contribution >= 4 is 13.8 Å². The average molecular weight is 292 g/mol. The first-order valence-corrected chi connectivity index (χ1v) is 4.94. The van der Waals surface area contributed by atoms with Crippen LogP contribution in [0.5, 0.6) is 0 Å². The van der Waals surface area contributed by atoms with Crippen molar-refractivity contribution in [1.29, 1.82) is 0 Å². The number of phosphoric acid groups is 1. The van der Waals surface area contributed by atoms with Crippen molar-refractivity contribution in [2.24, 2.45) is 0 Å². The molecule has 0 saturated heterocycles. The predicted molar refractivity (Wildman–Crippen MR) is 51.0 cm³/mol. The van der Waals surface area contributed by atoms with E-state index in [9.17, 15) is 4.79 Å². The third-order valence-electron chi connectivity index (χ3n) is 1.02. The molecule has 0 aliphatic carbocycles. The summed E-state index contributed by atoms with van der Waals surface area (Å²) in [6.45, 7) is 0. The van der Waals surface area contributed by atoms with Gasteiger partial charge in [-0.2, -0.15) is 0 Å². The minimum atomic E-state index is -4.64. The molecule has 0 radical (unpaired) electrons. The third-order valence-corrected chi connectivity index (χ3v) is 1.02. The van der Waals surface area contributed by atoms with Crippen LogP contribution in [-0.2, 0) is 4.57 Å². The van der Waals surface area contributed by atoms with Crippen LogP contribution in [0.3, 0.4) is 0 Å². The molecule has 0 fully saturated rings. The van der Waals surface area contributed by atoms with Gasteiger partial charge in [-0.3, -0.25) is 0 Å². The first-order valence-electron chi connectivity index (χ1n) is 3.37. The number of benzene rings is 1. The van der Waals surface area contributed by atoms with Crippen molar-refractivity contribution in [3.8, 4) is 0 Å². The van der Waals surface area contributed by atoms with Gasteiger partial charge >= 0.3 is 102 Å². The molecule has 0 atom stereocenters. The zero-order chi connectivity index (χ0) is 11.2. The molecule has 1 aromatic carbocycles. The Balaban J connectivity index is -0.0000000282. The van der Waals surface area contributed by atoms with E-state index in [0.29, 0.717) is 5.56 Å². The van der Waals surface area contributed by atoms with E-state index in [1.165, 1.54) is 0 Å². The molecule has 1 rings (SSSR count). The maximum atomic E-state index is 10.2. The van der Waals surface area contributed by atoms with Crippen LogP contribution in [0.2, 0.25) is 0 Å². The zero-order valence-electron chi connectivity index (χ0n) is 12.9. The molecule has 0 bridgehead atoms. The molecular weight excluding hydrogens is 280 g/mol. The van der Waals surface area contributed by atoms with Crippen LogP contribution < -0.4 is 88.7 Å². The van der Waals surface area contributed by atoms with Crippen LogP contribution >= 0.6 is 7.82 Å². The number of aromatic carboxylic acids is 1. The fourth-order valence-corrected chi connectivity index (χ4v) is 0.581. The van der Waals surface area contributed by atoms with Crippen molar-refractivity contribution in [1.82, 2.24) is 0 Å². The van der Waals surface area contributed by atoms with Crippen LogP contribution in [0, 0.1) is 0 Å². The van der Waals surface area contributed by atoms with E-state index in [4.69, 9.17) is 24.4 Å². The molecule has 0 spiro atoms. The van der Waals surface area contributed by atoms with Gasteiger partial charge in [0.05, 0.1) is 5.56 Å². The van der Waals surface area contributed by atoms with Crippen molar-refractivity contribution in [3.05, 3.63) is 35.9 Å². The normalized spacial score (nSPS) is 8.18. The van der Waals surface area contributed by atoms with Crippen molar-refractivity contribution in [2.45, 2.75) is 0 Å². The van der Waals surface area contributed by atoms with Crippen LogP contribution in [0.1, 0.15) is 14.6 Å². The quantitative estimate of drug-likeness (QED) is 0.302. The predicted octanol–water partition coefficient (Wildman–Crippen LogP) is -8.19. The second-order valence-electron chi connectivity index (χ2n) is 2.18. The second kappa shape index (κ2) is 14.2. The Morgan fingerprint density at radius 3 is 1.47 bits per heavy atom. The van der Waals surface area contributed by atoms with Crippen molar-refractivity contribution in [2.75, 3.05) is 0 Å². The van der Waals surface area contributed by atoms with E-state index in [2.05, 4.69) is 0 Å². The minimum absolute atomic E-state index is 0. The minimum Gasteiger partial charge on any atom is -1.00 e. The zero-order valence-corrected chi connectivity index (χ0v) is 16.8. The Labute approximate surface area is 169 Å². The van der Waals surface area contributed by atoms with Gasteiger partial charge in [-0.05, 0) is 12.1 Å². The van der Waals surface area contributed by atoms with Crippen LogP contribution in [0.15, 0.2) is 30.3 Å². The molecular formula is C7H12Na3O6P. The Bertz CT molecular complexity index is 345. The maximum absolute atomic E-state index is 10.2. The molecule has 6 nitrogen and oxygen atoms in total. The van der Waals surface area contributed by atoms with Gasteiger partial charge in [0.1, 0.15) is 0 Å². The summed E-state index contributed by atoms with van der Waals surface area (Å²) in [5.41, 5.74) is 0.331. The second-order valence-corrected chi connectivity index (χ2v) is 3.21. The standard InChI is InChI=1S/C7H6O2.3Na.H3O4P.3H/c8-7(9)6-4-2-1-3-5-6;;;;1-5(2,3)4;;;/h1-5H,(H,8,9);;;;(H3,1,2,3,4);;;/q;3*+1;;3*-1. The number of hydrogen-bond donors (Lipinski definition) is 4. The Morgan fingerprint density at radius 2 is 1.29 bits per heavy atom. The first kappa shape index (κ1) is 27.2. The molecule has 0 aliphatic rings. The monoisotopic (exact) mass is 292 g/mol. The van der Waals surface area contributed by atoms with Crippen molar-refractivity contribution < 1.29 is 122 Å². The maximum Gasteiger partial charge on any atom is 1.00 e. The summed E-state index contributed by atoms with van der Waals surface area (Å²) in [4.78, 5) is 31.8. The van der Waals surface area contributed by atoms with E-state index < -0.39 is 13.8 Å². The molecule has 0 unspecified atom stereocenters. The van der Waals surface area contributed by atoms with Gasteiger partial charge in [0, 0.05) is 0 Å². The summed E-state index contributed by atoms with van der Waals surface area (Å²) in [6, 6.07) is 8.30. The van der Waals surface area contributed by atoms with Gasteiger partial charge < -0.3 is 24.1 Å². The van der Waals surface area contributed by atoms with Crippen molar-refractivity contribution in [3.63, 3.8) is 0 Å². The summed E-state index contributed by atoms with van der Waals surface area (Å²) in [5.74, 6) is -0.879. The van der Waals surface area contributed by atoms with Crippen LogP contribution in [0.25, 0.3) is 0 Å². The van der Waals surface area contributed by atoms with Crippen LogP contribution in [-0.4, -0.2) is 25.8 Å². The van der Waals surface area contributed by atoms with E-state index in [-0.39, 0.29) is 93.0 Å². The Morgan fingerprint density at radius 1 is 1.00 bits per heavy atom. The number of carbonyl (C=O) groups is 1. The molecule has 10 heteroatoms. The van der Waals surface area contributed by atoms with Gasteiger partial charge in [-0.25, -0.2) is 9.36 Å². The molecule has 0 heterocycles. The first-order chi connectivity index (χ1) is 6.30. The summed E-state index contributed by atoms with van der Waals surface area (Å²) in [6.07, 6.45) is 0. The summed E-state index contributed by atoms with van der Waals surface area (Å²) in [5, 5.41) is 8.38. The van der Waals surface area contributed by atoms with E-state index in [1.807, 2.05) is 0 Å². The topological polar surface area (TPSA) is 115 Å². The van der Waals surface area contributed by atoms with Gasteiger partial charge in [0.25, 0.3) is 0 Å². The molecule has 0 amide bonds. The van der Waals surface area contributed by atoms with E-state index in [0.717, 1.165) is 0 Å². The molecule has 17 heavy (non-hydrogen) atoms. The molecule has 4 N–H and O–H groups in total. The van der Waals surface area contributed by atoms with E-state index in [1.54, 1.807) is 30.3 Å². The SMILES string of the molecule is O=C(O)c1ccccc1.O=P(O)(O)O.[H-].[H-].[H-].[Na+].[Na+].[Na+]. The number of carboxylic acids is 1. The molecule has 0 saturated carbocycles. The molecule has 84 valence electrons.